The molecule has 1 aliphatic rings. The first kappa shape index (κ1) is 13.3. The standard InChI is InChI=1S/C15H12Cl3N/c16-8-1-2-10-12(5-8)11(3-4-19)15-13(10)6-9(17)7-14(15)18/h1-2,5-7,11H,3-4,19H2. The fourth-order valence-electron chi connectivity index (χ4n) is 2.85. The number of hydrogen-bond donors (Lipinski definition) is 1. The molecule has 0 radical (unpaired) electrons. The highest BCUT2D eigenvalue weighted by molar-refractivity contribution is 6.36. The summed E-state index contributed by atoms with van der Waals surface area (Å²) >= 11 is 18.6. The van der Waals surface area contributed by atoms with Crippen molar-refractivity contribution in [3.05, 3.63) is 56.5 Å². The molecule has 0 saturated carbocycles. The molecule has 0 heterocycles. The molecule has 0 saturated heterocycles. The minimum absolute atomic E-state index is 0.207. The molecule has 0 bridgehead atoms. The number of benzene rings is 2. The van der Waals surface area contributed by atoms with Crippen LogP contribution in [-0.4, -0.2) is 6.54 Å². The van der Waals surface area contributed by atoms with Crippen molar-refractivity contribution in [3.63, 3.8) is 0 Å². The van der Waals surface area contributed by atoms with Crippen LogP contribution in [0.1, 0.15) is 23.5 Å². The van der Waals surface area contributed by atoms with Crippen LogP contribution in [0, 0.1) is 0 Å². The lowest BCUT2D eigenvalue weighted by molar-refractivity contribution is 0.741. The van der Waals surface area contributed by atoms with Gasteiger partial charge in [-0.2, -0.15) is 0 Å². The Morgan fingerprint density at radius 3 is 2.47 bits per heavy atom. The van der Waals surface area contributed by atoms with E-state index in [1.807, 2.05) is 24.3 Å². The van der Waals surface area contributed by atoms with E-state index in [9.17, 15) is 0 Å². The lowest BCUT2D eigenvalue weighted by Crippen LogP contribution is -2.06. The number of rotatable bonds is 2. The number of fused-ring (bicyclic) bond motifs is 3. The van der Waals surface area contributed by atoms with Crippen molar-refractivity contribution in [2.24, 2.45) is 5.73 Å². The van der Waals surface area contributed by atoms with Crippen molar-refractivity contribution in [1.29, 1.82) is 0 Å². The van der Waals surface area contributed by atoms with Gasteiger partial charge in [0, 0.05) is 21.0 Å². The number of halogens is 3. The fraction of sp³-hybridized carbons (Fsp3) is 0.200. The predicted molar refractivity (Wildman–Crippen MR) is 82.4 cm³/mol. The average Bonchev–Trinajstić information content (AvgIpc) is 2.64. The van der Waals surface area contributed by atoms with Gasteiger partial charge in [0.1, 0.15) is 0 Å². The number of nitrogens with two attached hydrogens (primary N) is 1. The first-order valence-corrected chi connectivity index (χ1v) is 7.24. The molecule has 3 rings (SSSR count). The zero-order valence-electron chi connectivity index (χ0n) is 10.1. The van der Waals surface area contributed by atoms with Gasteiger partial charge in [-0.1, -0.05) is 40.9 Å². The van der Waals surface area contributed by atoms with E-state index >= 15 is 0 Å². The highest BCUT2D eigenvalue weighted by Gasteiger charge is 2.30. The molecule has 0 fully saturated rings. The summed E-state index contributed by atoms with van der Waals surface area (Å²) in [5.41, 5.74) is 10.3. The van der Waals surface area contributed by atoms with E-state index < -0.39 is 0 Å². The van der Waals surface area contributed by atoms with Crippen LogP contribution in [0.15, 0.2) is 30.3 Å². The Hall–Kier alpha value is -0.730. The normalized spacial score (nSPS) is 16.3. The molecule has 0 amide bonds. The van der Waals surface area contributed by atoms with Crippen LogP contribution in [0.25, 0.3) is 11.1 Å². The molecule has 0 aliphatic heterocycles. The quantitative estimate of drug-likeness (QED) is 0.819. The first-order valence-electron chi connectivity index (χ1n) is 6.10. The van der Waals surface area contributed by atoms with Gasteiger partial charge in [-0.15, -0.1) is 0 Å². The first-order chi connectivity index (χ1) is 9.11. The van der Waals surface area contributed by atoms with E-state index in [2.05, 4.69) is 0 Å². The van der Waals surface area contributed by atoms with Crippen molar-refractivity contribution in [2.75, 3.05) is 6.54 Å². The molecule has 4 heteroatoms. The third kappa shape index (κ3) is 2.15. The Bertz CT molecular complexity index is 652. The molecule has 1 aliphatic carbocycles. The molecule has 98 valence electrons. The van der Waals surface area contributed by atoms with E-state index in [-0.39, 0.29) is 5.92 Å². The van der Waals surface area contributed by atoms with E-state index in [0.29, 0.717) is 16.6 Å². The Kier molecular flexibility index (Phi) is 3.48. The summed E-state index contributed by atoms with van der Waals surface area (Å²) in [6.07, 6.45) is 0.849. The topological polar surface area (TPSA) is 26.0 Å². The summed E-state index contributed by atoms with van der Waals surface area (Å²) in [5.74, 6) is 0.207. The Morgan fingerprint density at radius 1 is 0.947 bits per heavy atom. The summed E-state index contributed by atoms with van der Waals surface area (Å²) in [7, 11) is 0. The lowest BCUT2D eigenvalue weighted by Gasteiger charge is -2.13. The smallest absolute Gasteiger partial charge is 0.0465 e. The second kappa shape index (κ2) is 4.99. The van der Waals surface area contributed by atoms with Gasteiger partial charge in [0.05, 0.1) is 0 Å². The molecule has 0 spiro atoms. The molecule has 1 nitrogen and oxygen atoms in total. The van der Waals surface area contributed by atoms with E-state index in [1.54, 1.807) is 6.07 Å². The molecule has 2 N–H and O–H groups in total. The summed E-state index contributed by atoms with van der Waals surface area (Å²) in [6, 6.07) is 9.68. The second-order valence-corrected chi connectivity index (χ2v) is 5.99. The average molecular weight is 313 g/mol. The largest absolute Gasteiger partial charge is 0.330 e. The lowest BCUT2D eigenvalue weighted by atomic mass is 9.93. The zero-order chi connectivity index (χ0) is 13.6. The maximum atomic E-state index is 6.38. The molecule has 0 aromatic heterocycles. The second-order valence-electron chi connectivity index (χ2n) is 4.71. The summed E-state index contributed by atoms with van der Waals surface area (Å²) < 4.78 is 0. The van der Waals surface area contributed by atoms with Crippen LogP contribution >= 0.6 is 34.8 Å². The van der Waals surface area contributed by atoms with Gasteiger partial charge in [0.2, 0.25) is 0 Å². The van der Waals surface area contributed by atoms with Gasteiger partial charge in [-0.3, -0.25) is 0 Å². The third-order valence-corrected chi connectivity index (χ3v) is 4.34. The van der Waals surface area contributed by atoms with E-state index in [4.69, 9.17) is 40.5 Å². The Balaban J connectivity index is 2.28. The third-order valence-electron chi connectivity index (χ3n) is 3.58. The SMILES string of the molecule is NCCC1c2cc(Cl)ccc2-c2cc(Cl)cc(Cl)c21. The summed E-state index contributed by atoms with van der Waals surface area (Å²) in [4.78, 5) is 0. The molecule has 1 unspecified atom stereocenters. The van der Waals surface area contributed by atoms with Gasteiger partial charge in [-0.25, -0.2) is 0 Å². The van der Waals surface area contributed by atoms with Gasteiger partial charge < -0.3 is 5.73 Å². The van der Waals surface area contributed by atoms with Crippen LogP contribution in [0.2, 0.25) is 15.1 Å². The van der Waals surface area contributed by atoms with Crippen molar-refractivity contribution in [1.82, 2.24) is 0 Å². The van der Waals surface area contributed by atoms with E-state index in [1.165, 1.54) is 5.56 Å². The molecule has 2 aromatic carbocycles. The minimum Gasteiger partial charge on any atom is -0.330 e. The molecule has 1 atom stereocenters. The van der Waals surface area contributed by atoms with Gasteiger partial charge in [-0.05, 0) is 59.5 Å². The van der Waals surface area contributed by atoms with Crippen LogP contribution in [0.4, 0.5) is 0 Å². The van der Waals surface area contributed by atoms with Gasteiger partial charge in [0.15, 0.2) is 0 Å². The monoisotopic (exact) mass is 311 g/mol. The predicted octanol–water partition coefficient (Wildman–Crippen LogP) is 5.11. The van der Waals surface area contributed by atoms with E-state index in [0.717, 1.165) is 28.1 Å². The van der Waals surface area contributed by atoms with Crippen molar-refractivity contribution >= 4 is 34.8 Å². The highest BCUT2D eigenvalue weighted by Crippen LogP contribution is 2.50. The van der Waals surface area contributed by atoms with Crippen molar-refractivity contribution in [3.8, 4) is 11.1 Å². The Labute approximate surface area is 127 Å². The zero-order valence-corrected chi connectivity index (χ0v) is 12.4. The van der Waals surface area contributed by atoms with Crippen molar-refractivity contribution in [2.45, 2.75) is 12.3 Å². The molecular formula is C15H12Cl3N. The van der Waals surface area contributed by atoms with Crippen molar-refractivity contribution < 1.29 is 0 Å². The maximum absolute atomic E-state index is 6.38. The number of hydrogen-bond acceptors (Lipinski definition) is 1. The van der Waals surface area contributed by atoms with Crippen LogP contribution in [0.5, 0.6) is 0 Å². The molecular weight excluding hydrogens is 301 g/mol. The summed E-state index contributed by atoms with van der Waals surface area (Å²) in [6.45, 7) is 0.606. The van der Waals surface area contributed by atoms with Crippen LogP contribution < -0.4 is 5.73 Å². The maximum Gasteiger partial charge on any atom is 0.0465 e. The Morgan fingerprint density at radius 2 is 1.74 bits per heavy atom. The fourth-order valence-corrected chi connectivity index (χ4v) is 3.66. The van der Waals surface area contributed by atoms with Crippen LogP contribution in [-0.2, 0) is 0 Å². The minimum atomic E-state index is 0.207. The highest BCUT2D eigenvalue weighted by atomic mass is 35.5. The van der Waals surface area contributed by atoms with Gasteiger partial charge in [0.25, 0.3) is 0 Å². The van der Waals surface area contributed by atoms with Crippen LogP contribution in [0.3, 0.4) is 0 Å². The van der Waals surface area contributed by atoms with Gasteiger partial charge >= 0.3 is 0 Å². The molecule has 2 aromatic rings. The summed E-state index contributed by atoms with van der Waals surface area (Å²) in [5, 5.41) is 2.09. The molecule has 19 heavy (non-hydrogen) atoms.